The summed E-state index contributed by atoms with van der Waals surface area (Å²) in [6.07, 6.45) is 1.38. The monoisotopic (exact) mass is 197 g/mol. The third-order valence-corrected chi connectivity index (χ3v) is 2.03. The number of nitro groups is 1. The predicted molar refractivity (Wildman–Crippen MR) is 47.1 cm³/mol. The van der Waals surface area contributed by atoms with E-state index >= 15 is 0 Å². The van der Waals surface area contributed by atoms with E-state index in [2.05, 4.69) is 5.10 Å². The van der Waals surface area contributed by atoms with E-state index in [1.165, 1.54) is 6.20 Å². The van der Waals surface area contributed by atoms with Gasteiger partial charge in [0.2, 0.25) is 0 Å². The van der Waals surface area contributed by atoms with Crippen molar-refractivity contribution in [3.63, 3.8) is 0 Å². The molecule has 0 amide bonds. The Bertz CT molecular complexity index is 480. The van der Waals surface area contributed by atoms with Crippen molar-refractivity contribution in [2.45, 2.75) is 0 Å². The van der Waals surface area contributed by atoms with Crippen LogP contribution in [0.25, 0.3) is 10.9 Å². The lowest BCUT2D eigenvalue weighted by atomic mass is 10.3. The Hall–Kier alpha value is -1.62. The van der Waals surface area contributed by atoms with Gasteiger partial charge in [0.25, 0.3) is 0 Å². The van der Waals surface area contributed by atoms with Crippen LogP contribution in [0.2, 0.25) is 5.02 Å². The number of benzene rings is 1. The molecule has 0 aliphatic carbocycles. The SMILES string of the molecule is O=[N+]([O-])n1ncc2c(Cl)cccc21. The minimum Gasteiger partial charge on any atom is -0.339 e. The molecule has 0 unspecified atom stereocenters. The zero-order valence-corrected chi connectivity index (χ0v) is 7.10. The molecule has 66 valence electrons. The Morgan fingerprint density at radius 3 is 3.00 bits per heavy atom. The van der Waals surface area contributed by atoms with Gasteiger partial charge >= 0.3 is 0 Å². The van der Waals surface area contributed by atoms with Gasteiger partial charge in [0, 0.05) is 9.89 Å². The lowest BCUT2D eigenvalue weighted by Crippen LogP contribution is -2.09. The molecule has 2 aromatic rings. The van der Waals surface area contributed by atoms with Crippen LogP contribution in [0.4, 0.5) is 0 Å². The maximum absolute atomic E-state index is 10.5. The first kappa shape index (κ1) is 8.00. The van der Waals surface area contributed by atoms with Crippen LogP contribution in [0.1, 0.15) is 0 Å². The minimum atomic E-state index is -0.599. The fraction of sp³-hybridized carbons (Fsp3) is 0. The molecule has 1 heterocycles. The molecule has 5 nitrogen and oxygen atoms in total. The molecule has 0 N–H and O–H groups in total. The van der Waals surface area contributed by atoms with Crippen LogP contribution >= 0.6 is 11.6 Å². The van der Waals surface area contributed by atoms with Crippen LogP contribution in [-0.2, 0) is 0 Å². The third-order valence-electron chi connectivity index (χ3n) is 1.70. The lowest BCUT2D eigenvalue weighted by Gasteiger charge is -1.93. The van der Waals surface area contributed by atoms with Gasteiger partial charge in [0.15, 0.2) is 6.20 Å². The van der Waals surface area contributed by atoms with Crippen molar-refractivity contribution in [1.82, 2.24) is 9.89 Å². The average Bonchev–Trinajstić information content (AvgIpc) is 2.48. The van der Waals surface area contributed by atoms with Gasteiger partial charge in [-0.15, -0.1) is 0 Å². The fourth-order valence-corrected chi connectivity index (χ4v) is 1.35. The number of aromatic nitrogens is 2. The molecule has 0 atom stereocenters. The number of hydrogen-bond donors (Lipinski definition) is 0. The Kier molecular flexibility index (Phi) is 1.66. The molecule has 0 spiro atoms. The van der Waals surface area contributed by atoms with E-state index in [9.17, 15) is 10.1 Å². The van der Waals surface area contributed by atoms with E-state index in [0.717, 1.165) is 0 Å². The summed E-state index contributed by atoms with van der Waals surface area (Å²) in [5, 5.41) is 14.5. The van der Waals surface area contributed by atoms with Crippen LogP contribution < -0.4 is 0 Å². The van der Waals surface area contributed by atoms with Gasteiger partial charge in [-0.05, 0) is 12.1 Å². The lowest BCUT2D eigenvalue weighted by molar-refractivity contribution is -0.548. The second-order valence-electron chi connectivity index (χ2n) is 2.44. The summed E-state index contributed by atoms with van der Waals surface area (Å²) in [6.45, 7) is 0. The molecule has 1 aromatic heterocycles. The quantitative estimate of drug-likeness (QED) is 0.517. The molecular formula is C7H4ClN3O2. The normalized spacial score (nSPS) is 10.5. The van der Waals surface area contributed by atoms with Crippen molar-refractivity contribution in [2.24, 2.45) is 0 Å². The summed E-state index contributed by atoms with van der Waals surface area (Å²) in [4.78, 5) is 11.1. The van der Waals surface area contributed by atoms with E-state index in [0.29, 0.717) is 20.7 Å². The van der Waals surface area contributed by atoms with Gasteiger partial charge in [-0.1, -0.05) is 17.7 Å². The highest BCUT2D eigenvalue weighted by Gasteiger charge is 2.12. The summed E-state index contributed by atoms with van der Waals surface area (Å²) in [6, 6.07) is 4.90. The highest BCUT2D eigenvalue weighted by molar-refractivity contribution is 6.35. The van der Waals surface area contributed by atoms with E-state index in [1.807, 2.05) is 0 Å². The maximum atomic E-state index is 10.5. The summed E-state index contributed by atoms with van der Waals surface area (Å²) in [5.74, 6) is 0. The molecule has 0 radical (unpaired) electrons. The highest BCUT2D eigenvalue weighted by Crippen LogP contribution is 2.22. The minimum absolute atomic E-state index is 0.400. The Balaban J connectivity index is 2.83. The van der Waals surface area contributed by atoms with Crippen LogP contribution in [0, 0.1) is 10.1 Å². The first-order chi connectivity index (χ1) is 6.20. The number of nitrogens with zero attached hydrogens (tertiary/aromatic N) is 3. The second kappa shape index (κ2) is 2.70. The van der Waals surface area contributed by atoms with Crippen LogP contribution in [0.5, 0.6) is 0 Å². The average molecular weight is 198 g/mol. The number of hydrogen-bond acceptors (Lipinski definition) is 3. The van der Waals surface area contributed by atoms with Gasteiger partial charge in [-0.25, -0.2) is 0 Å². The van der Waals surface area contributed by atoms with Crippen LogP contribution in [-0.4, -0.2) is 14.9 Å². The van der Waals surface area contributed by atoms with Crippen LogP contribution in [0.3, 0.4) is 0 Å². The van der Waals surface area contributed by atoms with E-state index in [1.54, 1.807) is 18.2 Å². The fourth-order valence-electron chi connectivity index (χ4n) is 1.13. The maximum Gasteiger partial charge on any atom is 0.177 e. The van der Waals surface area contributed by atoms with E-state index in [4.69, 9.17) is 11.6 Å². The molecule has 0 aliphatic rings. The first-order valence-corrected chi connectivity index (χ1v) is 3.85. The number of halogens is 1. The summed E-state index contributed by atoms with van der Waals surface area (Å²) < 4.78 is 0. The molecule has 0 fully saturated rings. The molecule has 13 heavy (non-hydrogen) atoms. The van der Waals surface area contributed by atoms with Crippen LogP contribution in [0.15, 0.2) is 24.4 Å². The summed E-state index contributed by atoms with van der Waals surface area (Å²) in [7, 11) is 0. The van der Waals surface area contributed by atoms with E-state index < -0.39 is 5.03 Å². The summed E-state index contributed by atoms with van der Waals surface area (Å²) in [5.41, 5.74) is 0.400. The molecule has 1 aromatic carbocycles. The Morgan fingerprint density at radius 1 is 1.54 bits per heavy atom. The van der Waals surface area contributed by atoms with Gasteiger partial charge in [-0.3, -0.25) is 0 Å². The molecule has 0 bridgehead atoms. The van der Waals surface area contributed by atoms with Crippen molar-refractivity contribution < 1.29 is 5.03 Å². The largest absolute Gasteiger partial charge is 0.339 e. The van der Waals surface area contributed by atoms with Gasteiger partial charge < -0.3 is 10.1 Å². The molecular weight excluding hydrogens is 194 g/mol. The highest BCUT2D eigenvalue weighted by atomic mass is 35.5. The summed E-state index contributed by atoms with van der Waals surface area (Å²) >= 11 is 5.80. The molecule has 0 aliphatic heterocycles. The third kappa shape index (κ3) is 1.13. The molecule has 0 saturated carbocycles. The number of rotatable bonds is 1. The zero-order chi connectivity index (χ0) is 9.42. The van der Waals surface area contributed by atoms with Gasteiger partial charge in [0.1, 0.15) is 5.52 Å². The number of fused-ring (bicyclic) bond motifs is 1. The standard InChI is InChI=1S/C7H4ClN3O2/c8-6-2-1-3-7-5(6)4-9-10(7)11(12)13/h1-4H. The smallest absolute Gasteiger partial charge is 0.177 e. The van der Waals surface area contributed by atoms with Crippen molar-refractivity contribution >= 4 is 22.5 Å². The Morgan fingerprint density at radius 2 is 2.31 bits per heavy atom. The second-order valence-corrected chi connectivity index (χ2v) is 2.85. The molecule has 6 heteroatoms. The van der Waals surface area contributed by atoms with Crippen molar-refractivity contribution in [3.8, 4) is 0 Å². The molecule has 2 rings (SSSR count). The topological polar surface area (TPSA) is 61.0 Å². The van der Waals surface area contributed by atoms with Gasteiger partial charge in [0.05, 0.1) is 15.4 Å². The van der Waals surface area contributed by atoms with Crippen molar-refractivity contribution in [2.75, 3.05) is 0 Å². The molecule has 0 saturated heterocycles. The van der Waals surface area contributed by atoms with E-state index in [-0.39, 0.29) is 0 Å². The zero-order valence-electron chi connectivity index (χ0n) is 6.35. The predicted octanol–water partition coefficient (Wildman–Crippen LogP) is 1.73. The first-order valence-electron chi connectivity index (χ1n) is 3.47. The van der Waals surface area contributed by atoms with Gasteiger partial charge in [-0.2, -0.15) is 0 Å². The van der Waals surface area contributed by atoms with Crippen molar-refractivity contribution in [1.29, 1.82) is 0 Å². The Labute approximate surface area is 77.6 Å². The van der Waals surface area contributed by atoms with Crippen molar-refractivity contribution in [3.05, 3.63) is 39.5 Å².